The van der Waals surface area contributed by atoms with Gasteiger partial charge in [-0.05, 0) is 42.9 Å². The van der Waals surface area contributed by atoms with E-state index in [1.807, 2.05) is 0 Å². The third kappa shape index (κ3) is 4.51. The first-order chi connectivity index (χ1) is 14.7. The van der Waals surface area contributed by atoms with Crippen molar-refractivity contribution in [2.45, 2.75) is 44.3 Å². The fourth-order valence-corrected chi connectivity index (χ4v) is 4.42. The molecule has 1 fully saturated rings. The van der Waals surface area contributed by atoms with Crippen LogP contribution in [0.2, 0.25) is 0 Å². The average molecular weight is 433 g/mol. The first-order valence-electron chi connectivity index (χ1n) is 10.5. The molecule has 9 heteroatoms. The number of benzene rings is 1. The quantitative estimate of drug-likeness (QED) is 0.803. The highest BCUT2D eigenvalue weighted by Gasteiger charge is 2.32. The smallest absolute Gasteiger partial charge is 0.353 e. The fraction of sp³-hybridized carbons (Fsp3) is 0.500. The van der Waals surface area contributed by atoms with E-state index in [4.69, 9.17) is 5.73 Å². The monoisotopic (exact) mass is 433 g/mol. The summed E-state index contributed by atoms with van der Waals surface area (Å²) in [5, 5.41) is 0. The molecule has 0 radical (unpaired) electrons. The van der Waals surface area contributed by atoms with Crippen molar-refractivity contribution in [3.8, 4) is 0 Å². The van der Waals surface area contributed by atoms with Gasteiger partial charge in [-0.25, -0.2) is 9.97 Å². The number of carbonyl (C=O) groups is 1. The van der Waals surface area contributed by atoms with Crippen LogP contribution in [-0.2, 0) is 23.8 Å². The molecule has 2 aliphatic rings. The molecule has 0 spiro atoms. The van der Waals surface area contributed by atoms with E-state index in [1.165, 1.54) is 17.7 Å². The number of nitrogens with zero attached hydrogens (tertiary/aromatic N) is 4. The number of aromatic nitrogens is 2. The summed E-state index contributed by atoms with van der Waals surface area (Å²) in [6, 6.07) is 4.01. The van der Waals surface area contributed by atoms with Gasteiger partial charge in [0.25, 0.3) is 0 Å². The van der Waals surface area contributed by atoms with Crippen LogP contribution in [0.15, 0.2) is 30.6 Å². The van der Waals surface area contributed by atoms with Crippen LogP contribution in [-0.4, -0.2) is 53.0 Å². The van der Waals surface area contributed by atoms with Gasteiger partial charge in [0.1, 0.15) is 12.1 Å². The van der Waals surface area contributed by atoms with Crippen LogP contribution in [0.4, 0.5) is 19.0 Å². The molecule has 2 N–H and O–H groups in total. The highest BCUT2D eigenvalue weighted by Crippen LogP contribution is 2.37. The lowest BCUT2D eigenvalue weighted by Gasteiger charge is -2.37. The third-order valence-corrected chi connectivity index (χ3v) is 6.20. The fourth-order valence-electron chi connectivity index (χ4n) is 4.42. The molecule has 0 bridgehead atoms. The predicted molar refractivity (Wildman–Crippen MR) is 111 cm³/mol. The van der Waals surface area contributed by atoms with E-state index in [0.717, 1.165) is 36.5 Å². The van der Waals surface area contributed by atoms with Crippen LogP contribution in [0.5, 0.6) is 0 Å². The number of carbonyl (C=O) groups excluding carboxylic acids is 1. The summed E-state index contributed by atoms with van der Waals surface area (Å²) in [6.07, 6.45) is -0.503. The van der Waals surface area contributed by atoms with Crippen molar-refractivity contribution in [1.82, 2.24) is 14.9 Å². The van der Waals surface area contributed by atoms with Gasteiger partial charge in [-0.1, -0.05) is 19.1 Å². The zero-order chi connectivity index (χ0) is 22.2. The van der Waals surface area contributed by atoms with Crippen molar-refractivity contribution in [3.63, 3.8) is 0 Å². The van der Waals surface area contributed by atoms with Gasteiger partial charge in [-0.2, -0.15) is 13.2 Å². The summed E-state index contributed by atoms with van der Waals surface area (Å²) >= 11 is 0. The molecule has 6 nitrogen and oxygen atoms in total. The number of halogens is 3. The first-order valence-corrected chi connectivity index (χ1v) is 10.5. The Kier molecular flexibility index (Phi) is 5.88. The molecule has 1 aromatic carbocycles. The molecular formula is C22H26F3N5O. The highest BCUT2D eigenvalue weighted by molar-refractivity contribution is 5.82. The zero-order valence-corrected chi connectivity index (χ0v) is 17.4. The minimum atomic E-state index is -4.38. The van der Waals surface area contributed by atoms with E-state index < -0.39 is 17.8 Å². The Balaban J connectivity index is 1.35. The number of hydrogen-bond donors (Lipinski definition) is 1. The van der Waals surface area contributed by atoms with Crippen molar-refractivity contribution < 1.29 is 18.0 Å². The molecule has 166 valence electrons. The molecule has 31 heavy (non-hydrogen) atoms. The van der Waals surface area contributed by atoms with Gasteiger partial charge in [0.05, 0.1) is 11.6 Å². The highest BCUT2D eigenvalue weighted by atomic mass is 19.4. The molecule has 1 saturated heterocycles. The van der Waals surface area contributed by atoms with Crippen molar-refractivity contribution >= 4 is 11.7 Å². The number of rotatable bonds is 4. The molecule has 1 amide bonds. The van der Waals surface area contributed by atoms with E-state index in [1.54, 1.807) is 11.2 Å². The Hall–Kier alpha value is -2.68. The molecule has 2 atom stereocenters. The third-order valence-electron chi connectivity index (χ3n) is 6.20. The molecular weight excluding hydrogens is 407 g/mol. The van der Waals surface area contributed by atoms with Gasteiger partial charge in [0.2, 0.25) is 5.91 Å². The summed E-state index contributed by atoms with van der Waals surface area (Å²) in [7, 11) is 0. The SMILES string of the molecule is C[C@@H]1CCc2ncnc(N3CCN(C(=O)C(N)Cc4ccc(C(F)(F)F)cc4)CC3)c21. The van der Waals surface area contributed by atoms with Gasteiger partial charge in [0.15, 0.2) is 0 Å². The largest absolute Gasteiger partial charge is 0.416 e. The Morgan fingerprint density at radius 3 is 2.48 bits per heavy atom. The summed E-state index contributed by atoms with van der Waals surface area (Å²) in [6.45, 7) is 4.59. The van der Waals surface area contributed by atoms with Gasteiger partial charge < -0.3 is 15.5 Å². The van der Waals surface area contributed by atoms with Crippen molar-refractivity contribution in [3.05, 3.63) is 53.0 Å². The molecule has 2 aromatic rings. The number of nitrogens with two attached hydrogens (primary N) is 1. The second-order valence-corrected chi connectivity index (χ2v) is 8.32. The van der Waals surface area contributed by atoms with Crippen LogP contribution in [0.25, 0.3) is 0 Å². The van der Waals surface area contributed by atoms with E-state index >= 15 is 0 Å². The molecule has 4 rings (SSSR count). The number of hydrogen-bond acceptors (Lipinski definition) is 5. The maximum absolute atomic E-state index is 12.8. The summed E-state index contributed by atoms with van der Waals surface area (Å²) in [5.74, 6) is 1.22. The van der Waals surface area contributed by atoms with Gasteiger partial charge in [-0.3, -0.25) is 4.79 Å². The van der Waals surface area contributed by atoms with Crippen molar-refractivity contribution in [1.29, 1.82) is 0 Å². The van der Waals surface area contributed by atoms with E-state index in [0.29, 0.717) is 37.7 Å². The Morgan fingerprint density at radius 1 is 1.16 bits per heavy atom. The lowest BCUT2D eigenvalue weighted by molar-refractivity contribution is -0.137. The maximum Gasteiger partial charge on any atom is 0.416 e. The Bertz CT molecular complexity index is 939. The summed E-state index contributed by atoms with van der Waals surface area (Å²) in [4.78, 5) is 25.6. The lowest BCUT2D eigenvalue weighted by Crippen LogP contribution is -2.54. The molecule has 1 unspecified atom stereocenters. The van der Waals surface area contributed by atoms with Crippen LogP contribution in [0.3, 0.4) is 0 Å². The number of piperazine rings is 1. The van der Waals surface area contributed by atoms with Gasteiger partial charge >= 0.3 is 6.18 Å². The molecule has 1 aliphatic carbocycles. The minimum absolute atomic E-state index is 0.180. The molecule has 1 aromatic heterocycles. The number of aryl methyl sites for hydroxylation is 1. The average Bonchev–Trinajstić information content (AvgIpc) is 3.14. The standard InChI is InChI=1S/C22H26F3N5O/c1-14-2-7-18-19(14)20(28-13-27-18)29-8-10-30(11-9-29)21(31)17(26)12-15-3-5-16(6-4-15)22(23,24)25/h3-6,13-14,17H,2,7-12,26H2,1H3/t14-,17?/m1/s1. The topological polar surface area (TPSA) is 75.4 Å². The number of amides is 1. The van der Waals surface area contributed by atoms with Crippen molar-refractivity contribution in [2.24, 2.45) is 5.73 Å². The van der Waals surface area contributed by atoms with Crippen LogP contribution in [0.1, 0.15) is 41.6 Å². The normalized spacial score (nSPS) is 20.0. The molecule has 1 aliphatic heterocycles. The summed E-state index contributed by atoms with van der Waals surface area (Å²) < 4.78 is 38.1. The number of anilines is 1. The van der Waals surface area contributed by atoms with Crippen LogP contribution < -0.4 is 10.6 Å². The molecule has 2 heterocycles. The lowest BCUT2D eigenvalue weighted by atomic mass is 10.0. The number of fused-ring (bicyclic) bond motifs is 1. The second-order valence-electron chi connectivity index (χ2n) is 8.32. The zero-order valence-electron chi connectivity index (χ0n) is 17.4. The van der Waals surface area contributed by atoms with Gasteiger partial charge in [0, 0.05) is 37.4 Å². The van der Waals surface area contributed by atoms with E-state index in [2.05, 4.69) is 21.8 Å². The van der Waals surface area contributed by atoms with E-state index in [9.17, 15) is 18.0 Å². The van der Waals surface area contributed by atoms with Crippen LogP contribution >= 0.6 is 0 Å². The van der Waals surface area contributed by atoms with Gasteiger partial charge in [-0.15, -0.1) is 0 Å². The minimum Gasteiger partial charge on any atom is -0.353 e. The first kappa shape index (κ1) is 21.5. The Morgan fingerprint density at radius 2 is 1.84 bits per heavy atom. The van der Waals surface area contributed by atoms with Crippen molar-refractivity contribution in [2.75, 3.05) is 31.1 Å². The van der Waals surface area contributed by atoms with Crippen LogP contribution in [0, 0.1) is 0 Å². The van der Waals surface area contributed by atoms with E-state index in [-0.39, 0.29) is 12.3 Å². The second kappa shape index (κ2) is 8.45. The summed E-state index contributed by atoms with van der Waals surface area (Å²) in [5.41, 5.74) is 8.34. The number of alkyl halides is 3. The maximum atomic E-state index is 12.8. The molecule has 0 saturated carbocycles. The Labute approximate surface area is 179 Å². The predicted octanol–water partition coefficient (Wildman–Crippen LogP) is 2.76.